The summed E-state index contributed by atoms with van der Waals surface area (Å²) in [5.74, 6) is 5.78. The van der Waals surface area contributed by atoms with E-state index in [0.29, 0.717) is 30.4 Å². The van der Waals surface area contributed by atoms with Crippen LogP contribution in [0.1, 0.15) is 23.7 Å². The van der Waals surface area contributed by atoms with E-state index in [1.807, 2.05) is 0 Å². The topological polar surface area (TPSA) is 87.8 Å². The summed E-state index contributed by atoms with van der Waals surface area (Å²) in [7, 11) is 0. The molecule has 1 aromatic rings. The van der Waals surface area contributed by atoms with Crippen LogP contribution in [0.5, 0.6) is 5.75 Å². The van der Waals surface area contributed by atoms with Crippen molar-refractivity contribution in [3.8, 4) is 5.75 Å². The predicted molar refractivity (Wildman–Crippen MR) is 79.8 cm³/mol. The van der Waals surface area contributed by atoms with Gasteiger partial charge in [-0.3, -0.25) is 15.1 Å². The quantitative estimate of drug-likeness (QED) is 0.415. The Bertz CT molecular complexity index is 481. The smallest absolute Gasteiger partial charge is 0.265 e. The van der Waals surface area contributed by atoms with Crippen molar-refractivity contribution in [3.05, 3.63) is 29.8 Å². The van der Waals surface area contributed by atoms with Crippen LogP contribution in [0.15, 0.2) is 24.3 Å². The van der Waals surface area contributed by atoms with Crippen LogP contribution in [0, 0.1) is 5.92 Å². The molecule has 1 amide bonds. The maximum atomic E-state index is 11.4. The molecule has 21 heavy (non-hydrogen) atoms. The lowest BCUT2D eigenvalue weighted by atomic mass is 9.96. The minimum absolute atomic E-state index is 0.254. The third kappa shape index (κ3) is 4.42. The fourth-order valence-corrected chi connectivity index (χ4v) is 2.42. The number of ether oxygens (including phenoxy) is 1. The summed E-state index contributed by atoms with van der Waals surface area (Å²) in [5.41, 5.74) is 2.56. The fraction of sp³-hybridized carbons (Fsp3) is 0.533. The van der Waals surface area contributed by atoms with Crippen molar-refractivity contribution in [1.82, 2.24) is 10.3 Å². The number of benzene rings is 1. The third-order valence-corrected chi connectivity index (χ3v) is 3.91. The lowest BCUT2D eigenvalue weighted by Gasteiger charge is -2.34. The largest absolute Gasteiger partial charge is 0.492 e. The van der Waals surface area contributed by atoms with E-state index in [1.165, 1.54) is 0 Å². The molecule has 0 bridgehead atoms. The highest BCUT2D eigenvalue weighted by Gasteiger charge is 2.23. The standard InChI is InChI=1S/C15H23N3O3/c1-11-5-6-18(10-14(11)19)7-8-21-13-4-2-3-12(9-13)15(20)17-16/h2-4,9,11,14,19H,5-8,10,16H2,1H3,(H,17,20). The molecular formula is C15H23N3O3. The number of likely N-dealkylation sites (tertiary alicyclic amines) is 1. The number of aliphatic hydroxyl groups is 1. The molecule has 2 atom stereocenters. The molecule has 6 nitrogen and oxygen atoms in total. The number of hydrogen-bond acceptors (Lipinski definition) is 5. The number of hydrogen-bond donors (Lipinski definition) is 3. The summed E-state index contributed by atoms with van der Waals surface area (Å²) >= 11 is 0. The number of nitrogens with one attached hydrogen (secondary N) is 1. The number of carbonyl (C=O) groups excluding carboxylic acids is 1. The zero-order valence-electron chi connectivity index (χ0n) is 12.3. The molecule has 0 aromatic heterocycles. The van der Waals surface area contributed by atoms with Crippen molar-refractivity contribution < 1.29 is 14.6 Å². The van der Waals surface area contributed by atoms with E-state index < -0.39 is 0 Å². The minimum Gasteiger partial charge on any atom is -0.492 e. The number of carbonyl (C=O) groups is 1. The highest BCUT2D eigenvalue weighted by atomic mass is 16.5. The van der Waals surface area contributed by atoms with Crippen molar-refractivity contribution in [2.45, 2.75) is 19.4 Å². The Kier molecular flexibility index (Phi) is 5.55. The van der Waals surface area contributed by atoms with E-state index in [9.17, 15) is 9.90 Å². The van der Waals surface area contributed by atoms with Gasteiger partial charge in [0.05, 0.1) is 6.10 Å². The van der Waals surface area contributed by atoms with Gasteiger partial charge in [0.15, 0.2) is 0 Å². The van der Waals surface area contributed by atoms with Gasteiger partial charge in [-0.05, 0) is 37.1 Å². The van der Waals surface area contributed by atoms with Gasteiger partial charge in [-0.1, -0.05) is 13.0 Å². The summed E-state index contributed by atoms with van der Waals surface area (Å²) < 4.78 is 5.66. The molecule has 1 aromatic carbocycles. The molecule has 1 aliphatic rings. The number of β-amino-alcohol motifs (C(OH)–C–C–N with tert-alkyl or cyclic N) is 1. The minimum atomic E-state index is -0.339. The van der Waals surface area contributed by atoms with Gasteiger partial charge >= 0.3 is 0 Å². The fourth-order valence-electron chi connectivity index (χ4n) is 2.42. The van der Waals surface area contributed by atoms with Crippen LogP contribution in [0.2, 0.25) is 0 Å². The second kappa shape index (κ2) is 7.40. The van der Waals surface area contributed by atoms with E-state index in [1.54, 1.807) is 24.3 Å². The average Bonchev–Trinajstić information content (AvgIpc) is 2.50. The van der Waals surface area contributed by atoms with E-state index in [0.717, 1.165) is 19.5 Å². The molecule has 0 aliphatic carbocycles. The number of nitrogens with zero attached hydrogens (tertiary/aromatic N) is 1. The first-order valence-corrected chi connectivity index (χ1v) is 7.24. The Morgan fingerprint density at radius 1 is 1.57 bits per heavy atom. The summed E-state index contributed by atoms with van der Waals surface area (Å²) in [5, 5.41) is 9.85. The highest BCUT2D eigenvalue weighted by Crippen LogP contribution is 2.17. The molecule has 0 radical (unpaired) electrons. The molecule has 0 saturated carbocycles. The highest BCUT2D eigenvalue weighted by molar-refractivity contribution is 5.94. The number of aliphatic hydroxyl groups excluding tert-OH is 1. The van der Waals surface area contributed by atoms with Crippen molar-refractivity contribution in [1.29, 1.82) is 0 Å². The van der Waals surface area contributed by atoms with E-state index in [2.05, 4.69) is 17.2 Å². The van der Waals surface area contributed by atoms with Crippen LogP contribution in [0.3, 0.4) is 0 Å². The summed E-state index contributed by atoms with van der Waals surface area (Å²) in [6.45, 7) is 5.04. The summed E-state index contributed by atoms with van der Waals surface area (Å²) in [6, 6.07) is 6.90. The normalized spacial score (nSPS) is 22.8. The van der Waals surface area contributed by atoms with Crippen LogP contribution < -0.4 is 16.0 Å². The Hall–Kier alpha value is -1.63. The van der Waals surface area contributed by atoms with Gasteiger partial charge in [-0.2, -0.15) is 0 Å². The van der Waals surface area contributed by atoms with Gasteiger partial charge in [0.1, 0.15) is 12.4 Å². The first kappa shape index (κ1) is 15.8. The summed E-state index contributed by atoms with van der Waals surface area (Å²) in [6.07, 6.45) is 0.753. The zero-order chi connectivity index (χ0) is 15.2. The van der Waals surface area contributed by atoms with E-state index in [-0.39, 0.29) is 12.0 Å². The number of amides is 1. The second-order valence-electron chi connectivity index (χ2n) is 5.48. The third-order valence-electron chi connectivity index (χ3n) is 3.91. The van der Waals surface area contributed by atoms with Gasteiger partial charge in [0.2, 0.25) is 0 Å². The van der Waals surface area contributed by atoms with Gasteiger partial charge in [0, 0.05) is 18.7 Å². The number of piperidine rings is 1. The lowest BCUT2D eigenvalue weighted by molar-refractivity contribution is 0.0244. The Morgan fingerprint density at radius 3 is 3.10 bits per heavy atom. The van der Waals surface area contributed by atoms with Crippen LogP contribution in [0.4, 0.5) is 0 Å². The van der Waals surface area contributed by atoms with Crippen molar-refractivity contribution in [2.24, 2.45) is 11.8 Å². The second-order valence-corrected chi connectivity index (χ2v) is 5.48. The summed E-state index contributed by atoms with van der Waals surface area (Å²) in [4.78, 5) is 13.6. The van der Waals surface area contributed by atoms with Crippen LogP contribution in [-0.4, -0.2) is 48.3 Å². The molecular weight excluding hydrogens is 270 g/mol. The maximum absolute atomic E-state index is 11.4. The number of nitrogens with two attached hydrogens (primary N) is 1. The Balaban J connectivity index is 1.80. The van der Waals surface area contributed by atoms with Gasteiger partial charge in [-0.25, -0.2) is 5.84 Å². The number of hydrazine groups is 1. The van der Waals surface area contributed by atoms with Crippen molar-refractivity contribution in [2.75, 3.05) is 26.2 Å². The lowest BCUT2D eigenvalue weighted by Crippen LogP contribution is -2.44. The van der Waals surface area contributed by atoms with Crippen LogP contribution in [-0.2, 0) is 0 Å². The monoisotopic (exact) mass is 293 g/mol. The SMILES string of the molecule is CC1CCN(CCOc2cccc(C(=O)NN)c2)CC1O. The molecule has 1 fully saturated rings. The number of rotatable bonds is 5. The molecule has 1 aliphatic heterocycles. The van der Waals surface area contributed by atoms with Gasteiger partial charge < -0.3 is 9.84 Å². The van der Waals surface area contributed by atoms with Gasteiger partial charge in [-0.15, -0.1) is 0 Å². The molecule has 0 spiro atoms. The molecule has 2 unspecified atom stereocenters. The molecule has 4 N–H and O–H groups in total. The number of nitrogen functional groups attached to an aromatic ring is 1. The maximum Gasteiger partial charge on any atom is 0.265 e. The van der Waals surface area contributed by atoms with E-state index in [4.69, 9.17) is 10.6 Å². The molecule has 6 heteroatoms. The molecule has 2 rings (SSSR count). The first-order chi connectivity index (χ1) is 10.1. The molecule has 116 valence electrons. The Labute approximate surface area is 124 Å². The van der Waals surface area contributed by atoms with Crippen LogP contribution in [0.25, 0.3) is 0 Å². The predicted octanol–water partition coefficient (Wildman–Crippen LogP) is 0.372. The molecule has 1 saturated heterocycles. The van der Waals surface area contributed by atoms with Crippen molar-refractivity contribution >= 4 is 5.91 Å². The van der Waals surface area contributed by atoms with Gasteiger partial charge in [0.25, 0.3) is 5.91 Å². The first-order valence-electron chi connectivity index (χ1n) is 7.24. The van der Waals surface area contributed by atoms with Crippen LogP contribution >= 0.6 is 0 Å². The van der Waals surface area contributed by atoms with E-state index >= 15 is 0 Å². The Morgan fingerprint density at radius 2 is 2.38 bits per heavy atom. The zero-order valence-corrected chi connectivity index (χ0v) is 12.3. The van der Waals surface area contributed by atoms with Crippen molar-refractivity contribution in [3.63, 3.8) is 0 Å². The molecule has 1 heterocycles. The average molecular weight is 293 g/mol.